The zero-order chi connectivity index (χ0) is 17.8. The average Bonchev–Trinajstić information content (AvgIpc) is 2.88. The lowest BCUT2D eigenvalue weighted by Gasteiger charge is -2.14. The maximum atomic E-state index is 10.4. The summed E-state index contributed by atoms with van der Waals surface area (Å²) in [7, 11) is 0. The first kappa shape index (κ1) is 20.1. The number of ether oxygens (including phenoxy) is 1. The van der Waals surface area contributed by atoms with Crippen molar-refractivity contribution in [2.45, 2.75) is 39.5 Å². The lowest BCUT2D eigenvalue weighted by molar-refractivity contribution is -0.00000747. The van der Waals surface area contributed by atoms with Gasteiger partial charge < -0.3 is 31.4 Å². The number of halogens is 1. The zero-order valence-electron chi connectivity index (χ0n) is 15.2. The van der Waals surface area contributed by atoms with E-state index in [1.807, 2.05) is 64.6 Å². The van der Waals surface area contributed by atoms with Gasteiger partial charge in [-0.3, -0.25) is 5.41 Å². The van der Waals surface area contributed by atoms with E-state index >= 15 is 0 Å². The first-order valence-electron chi connectivity index (χ1n) is 8.70. The first-order valence-corrected chi connectivity index (χ1v) is 8.70. The summed E-state index contributed by atoms with van der Waals surface area (Å²) in [6.45, 7) is 5.45. The van der Waals surface area contributed by atoms with E-state index in [0.29, 0.717) is 12.2 Å². The van der Waals surface area contributed by atoms with Crippen LogP contribution < -0.4 is 22.8 Å². The fourth-order valence-electron chi connectivity index (χ4n) is 3.02. The van der Waals surface area contributed by atoms with Crippen LogP contribution in [0.3, 0.4) is 0 Å². The van der Waals surface area contributed by atoms with Crippen LogP contribution >= 0.6 is 0 Å². The Labute approximate surface area is 159 Å². The van der Waals surface area contributed by atoms with Gasteiger partial charge in [0, 0.05) is 6.54 Å². The van der Waals surface area contributed by atoms with Gasteiger partial charge in [-0.05, 0) is 37.6 Å². The third-order valence-corrected chi connectivity index (χ3v) is 4.28. The largest absolute Gasteiger partial charge is 1.00 e. The molecule has 3 aromatic rings. The fourth-order valence-corrected chi connectivity index (χ4v) is 3.02. The minimum absolute atomic E-state index is 0. The second-order valence-electron chi connectivity index (χ2n) is 6.35. The monoisotopic (exact) mass is 374 g/mol. The van der Waals surface area contributed by atoms with Crippen LogP contribution in [-0.4, -0.2) is 27.0 Å². The summed E-state index contributed by atoms with van der Waals surface area (Å²) in [6, 6.07) is 15.7. The second kappa shape index (κ2) is 8.92. The summed E-state index contributed by atoms with van der Waals surface area (Å²) >= 11 is 0. The van der Waals surface area contributed by atoms with Gasteiger partial charge in [0.15, 0.2) is 0 Å². The van der Waals surface area contributed by atoms with Gasteiger partial charge in [-0.25, -0.2) is 0 Å². The van der Waals surface area contributed by atoms with Crippen LogP contribution in [0.2, 0.25) is 0 Å². The number of hydrogen-bond donors (Lipinski definition) is 2. The van der Waals surface area contributed by atoms with Gasteiger partial charge in [-0.15, -0.1) is 0 Å². The number of aliphatic hydroxyl groups is 1. The maximum Gasteiger partial charge on any atom is 0.203 e. The number of aromatic nitrogens is 2. The number of imidazole rings is 1. The van der Waals surface area contributed by atoms with Gasteiger partial charge in [0.05, 0.1) is 17.6 Å². The highest BCUT2D eigenvalue weighted by Crippen LogP contribution is 2.15. The van der Waals surface area contributed by atoms with E-state index in [2.05, 4.69) is 6.92 Å². The molecule has 6 heteroatoms. The third-order valence-electron chi connectivity index (χ3n) is 4.28. The Morgan fingerprint density at radius 3 is 2.27 bits per heavy atom. The second-order valence-corrected chi connectivity index (χ2v) is 6.35. The number of fused-ring (bicyclic) bond motifs is 1. The molecule has 0 aliphatic carbocycles. The van der Waals surface area contributed by atoms with Gasteiger partial charge >= 0.3 is 0 Å². The molecule has 2 N–H and O–H groups in total. The Balaban J connectivity index is 0.00000243. The lowest BCUT2D eigenvalue weighted by atomic mass is 10.2. The highest BCUT2D eigenvalue weighted by atomic mass is 35.5. The van der Waals surface area contributed by atoms with Crippen molar-refractivity contribution in [3.63, 3.8) is 0 Å². The number of aliphatic hydroxyl groups excluding tert-OH is 1. The van der Waals surface area contributed by atoms with Crippen LogP contribution in [0.25, 0.3) is 11.0 Å². The molecule has 0 amide bonds. The van der Waals surface area contributed by atoms with Gasteiger partial charge in [0.2, 0.25) is 5.62 Å². The van der Waals surface area contributed by atoms with Crippen LogP contribution in [0.5, 0.6) is 5.75 Å². The van der Waals surface area contributed by atoms with E-state index < -0.39 is 6.10 Å². The quantitative estimate of drug-likeness (QED) is 0.615. The molecule has 0 aliphatic heterocycles. The summed E-state index contributed by atoms with van der Waals surface area (Å²) < 4.78 is 9.51. The Morgan fingerprint density at radius 1 is 1.04 bits per heavy atom. The predicted octanol–water partition coefficient (Wildman–Crippen LogP) is 0.0846. The minimum Gasteiger partial charge on any atom is -1.00 e. The fraction of sp³-hybridized carbons (Fsp3) is 0.350. The van der Waals surface area contributed by atoms with Crippen molar-refractivity contribution in [2.75, 3.05) is 6.61 Å². The molecule has 0 bridgehead atoms. The molecule has 0 radical (unpaired) electrons. The van der Waals surface area contributed by atoms with Crippen molar-refractivity contribution in [2.24, 2.45) is 0 Å². The molecule has 1 aromatic heterocycles. The molecular formula is C20H25ClN3O2-. The van der Waals surface area contributed by atoms with Crippen molar-refractivity contribution in [3.8, 4) is 5.75 Å². The molecule has 1 atom stereocenters. The summed E-state index contributed by atoms with van der Waals surface area (Å²) in [5.41, 5.74) is 3.58. The van der Waals surface area contributed by atoms with Crippen LogP contribution in [0, 0.1) is 12.3 Å². The van der Waals surface area contributed by atoms with Crippen LogP contribution in [-0.2, 0) is 13.1 Å². The van der Waals surface area contributed by atoms with Crippen LogP contribution in [0.4, 0.5) is 0 Å². The number of aryl methyl sites for hydroxylation is 2. The predicted molar refractivity (Wildman–Crippen MR) is 98.8 cm³/mol. The summed E-state index contributed by atoms with van der Waals surface area (Å²) in [5.74, 6) is 0.745. The molecular weight excluding hydrogens is 350 g/mol. The van der Waals surface area contributed by atoms with Crippen molar-refractivity contribution in [1.82, 2.24) is 9.13 Å². The molecule has 140 valence electrons. The van der Waals surface area contributed by atoms with E-state index in [-0.39, 0.29) is 19.0 Å². The topological polar surface area (TPSA) is 63.2 Å². The molecule has 2 aromatic carbocycles. The molecule has 1 unspecified atom stereocenters. The number of hydrogen-bond acceptors (Lipinski definition) is 3. The molecule has 0 spiro atoms. The van der Waals surface area contributed by atoms with Crippen LogP contribution in [0.15, 0.2) is 48.5 Å². The van der Waals surface area contributed by atoms with Gasteiger partial charge in [-0.1, -0.05) is 36.8 Å². The molecule has 1 heterocycles. The smallest absolute Gasteiger partial charge is 0.203 e. The molecule has 3 rings (SSSR count). The van der Waals surface area contributed by atoms with Crippen molar-refractivity contribution in [3.05, 3.63) is 59.7 Å². The number of para-hydroxylation sites is 2. The van der Waals surface area contributed by atoms with E-state index in [9.17, 15) is 5.11 Å². The van der Waals surface area contributed by atoms with Crippen molar-refractivity contribution >= 4 is 11.0 Å². The number of benzene rings is 2. The van der Waals surface area contributed by atoms with Crippen molar-refractivity contribution < 1.29 is 22.3 Å². The van der Waals surface area contributed by atoms with Crippen LogP contribution in [0.1, 0.15) is 18.9 Å². The number of nitrogens with zero attached hydrogens (tertiary/aromatic N) is 2. The minimum atomic E-state index is -0.684. The van der Waals surface area contributed by atoms with Gasteiger partial charge in [-0.2, -0.15) is 0 Å². The summed E-state index contributed by atoms with van der Waals surface area (Å²) in [6.07, 6.45) is 0.278. The Morgan fingerprint density at radius 2 is 1.65 bits per heavy atom. The lowest BCUT2D eigenvalue weighted by Crippen LogP contribution is -3.00. The summed E-state index contributed by atoms with van der Waals surface area (Å²) in [4.78, 5) is 0. The molecule has 0 fully saturated rings. The molecule has 0 aliphatic rings. The number of rotatable bonds is 7. The Hall–Kier alpha value is -2.24. The molecule has 26 heavy (non-hydrogen) atoms. The molecule has 0 saturated carbocycles. The van der Waals surface area contributed by atoms with E-state index in [4.69, 9.17) is 10.1 Å². The summed E-state index contributed by atoms with van der Waals surface area (Å²) in [5, 5.41) is 18.9. The normalized spacial score (nSPS) is 12.0. The molecule has 5 nitrogen and oxygen atoms in total. The highest BCUT2D eigenvalue weighted by molar-refractivity contribution is 5.75. The van der Waals surface area contributed by atoms with Gasteiger partial charge in [0.25, 0.3) is 0 Å². The Bertz CT molecular complexity index is 900. The highest BCUT2D eigenvalue weighted by Gasteiger charge is 2.14. The third kappa shape index (κ3) is 4.29. The standard InChI is InChI=1S/C20H25N3O2.ClH/c1-3-12-22-18-6-4-5-7-19(18)23(20(22)21)13-16(24)14-25-17-10-8-15(2)9-11-17;/h4-11,16,21,24H,3,12-14H2,1-2H3;1H/p-1. The van der Waals surface area contributed by atoms with E-state index in [1.165, 1.54) is 5.56 Å². The first-order chi connectivity index (χ1) is 12.1. The average molecular weight is 375 g/mol. The Kier molecular flexibility index (Phi) is 6.89. The van der Waals surface area contributed by atoms with E-state index in [0.717, 1.165) is 29.7 Å². The van der Waals surface area contributed by atoms with E-state index in [1.54, 1.807) is 0 Å². The molecule has 0 saturated heterocycles. The number of nitrogens with one attached hydrogen (secondary N) is 1. The van der Waals surface area contributed by atoms with Crippen molar-refractivity contribution in [1.29, 1.82) is 5.41 Å². The SMILES string of the molecule is CCCn1c(=N)n(CC(O)COc2ccc(C)cc2)c2ccccc21.[Cl-]. The van der Waals surface area contributed by atoms with Gasteiger partial charge in [0.1, 0.15) is 18.5 Å². The zero-order valence-corrected chi connectivity index (χ0v) is 15.9. The maximum absolute atomic E-state index is 10.4.